The summed E-state index contributed by atoms with van der Waals surface area (Å²) in [5.74, 6) is 0. The number of aromatic nitrogens is 1. The average Bonchev–Trinajstić information content (AvgIpc) is 3.92. The van der Waals surface area contributed by atoms with Gasteiger partial charge in [-0.15, -0.1) is 0 Å². The van der Waals surface area contributed by atoms with E-state index < -0.39 is 0 Å². The number of anilines is 3. The van der Waals surface area contributed by atoms with Gasteiger partial charge in [0.25, 0.3) is 0 Å². The molecule has 60 heavy (non-hydrogen) atoms. The van der Waals surface area contributed by atoms with Crippen molar-refractivity contribution in [1.82, 2.24) is 4.57 Å². The van der Waals surface area contributed by atoms with E-state index in [1.807, 2.05) is 12.1 Å². The van der Waals surface area contributed by atoms with Gasteiger partial charge in [-0.2, -0.15) is 0 Å². The van der Waals surface area contributed by atoms with Crippen LogP contribution in [0.1, 0.15) is 25.0 Å². The van der Waals surface area contributed by atoms with Crippen LogP contribution in [0.3, 0.4) is 0 Å². The molecule has 2 heterocycles. The first-order chi connectivity index (χ1) is 29.5. The quantitative estimate of drug-likeness (QED) is 0.168. The Morgan fingerprint density at radius 1 is 0.383 bits per heavy atom. The molecule has 0 aliphatic heterocycles. The zero-order chi connectivity index (χ0) is 40.0. The van der Waals surface area contributed by atoms with Crippen molar-refractivity contribution in [2.45, 2.75) is 19.3 Å². The Morgan fingerprint density at radius 3 is 1.78 bits per heavy atom. The molecule has 0 fully saturated rings. The molecular formula is C57H40N2O. The standard InChI is InChI=1S/C57H40N2O/c1-57(2)51-19-11-9-17-45(51)46-30-27-44(36-52(46)57)58(42-25-21-38(22-26-42)37-13-5-3-6-14-37)43-28-32-54-50(35-43)49-33-39(24-31-53(49)59(54)41-15-7-4-8-16-41)40-23-29-48-47-18-10-12-20-55(47)60-56(48)34-40/h3-36H,1-2H3. The van der Waals surface area contributed by atoms with E-state index >= 15 is 0 Å². The van der Waals surface area contributed by atoms with Crippen LogP contribution < -0.4 is 4.90 Å². The van der Waals surface area contributed by atoms with Crippen molar-refractivity contribution in [2.24, 2.45) is 0 Å². The van der Waals surface area contributed by atoms with Gasteiger partial charge < -0.3 is 13.9 Å². The number of para-hydroxylation sites is 2. The molecule has 0 saturated heterocycles. The largest absolute Gasteiger partial charge is 0.456 e. The lowest BCUT2D eigenvalue weighted by Crippen LogP contribution is -2.16. The normalized spacial score (nSPS) is 13.0. The van der Waals surface area contributed by atoms with Crippen LogP contribution in [-0.4, -0.2) is 4.57 Å². The molecule has 12 rings (SSSR count). The second-order valence-electron chi connectivity index (χ2n) is 16.6. The summed E-state index contributed by atoms with van der Waals surface area (Å²) in [6.45, 7) is 4.71. The van der Waals surface area contributed by atoms with E-state index in [4.69, 9.17) is 4.42 Å². The van der Waals surface area contributed by atoms with Crippen LogP contribution in [0.5, 0.6) is 0 Å². The van der Waals surface area contributed by atoms with Crippen LogP contribution in [0.4, 0.5) is 17.1 Å². The molecule has 9 aromatic carbocycles. The van der Waals surface area contributed by atoms with Crippen LogP contribution in [0.25, 0.3) is 82.8 Å². The highest BCUT2D eigenvalue weighted by molar-refractivity contribution is 6.12. The maximum atomic E-state index is 6.34. The molecule has 0 atom stereocenters. The lowest BCUT2D eigenvalue weighted by molar-refractivity contribution is 0.660. The molecular weight excluding hydrogens is 729 g/mol. The molecule has 0 radical (unpaired) electrons. The Hall–Kier alpha value is -7.62. The highest BCUT2D eigenvalue weighted by Gasteiger charge is 2.35. The Labute approximate surface area is 349 Å². The van der Waals surface area contributed by atoms with Gasteiger partial charge in [-0.05, 0) is 129 Å². The lowest BCUT2D eigenvalue weighted by Gasteiger charge is -2.28. The summed E-state index contributed by atoms with van der Waals surface area (Å²) < 4.78 is 8.74. The predicted molar refractivity (Wildman–Crippen MR) is 251 cm³/mol. The van der Waals surface area contributed by atoms with Crippen LogP contribution in [0.15, 0.2) is 211 Å². The lowest BCUT2D eigenvalue weighted by atomic mass is 9.82. The highest BCUT2D eigenvalue weighted by atomic mass is 16.3. The average molecular weight is 769 g/mol. The Kier molecular flexibility index (Phi) is 7.58. The Bertz CT molecular complexity index is 3450. The van der Waals surface area contributed by atoms with Crippen molar-refractivity contribution in [3.8, 4) is 39.1 Å². The van der Waals surface area contributed by atoms with E-state index in [1.54, 1.807) is 0 Å². The second-order valence-corrected chi connectivity index (χ2v) is 16.6. The number of nitrogens with zero attached hydrogens (tertiary/aromatic N) is 2. The number of hydrogen-bond acceptors (Lipinski definition) is 2. The van der Waals surface area contributed by atoms with Crippen molar-refractivity contribution < 1.29 is 4.42 Å². The first-order valence-corrected chi connectivity index (χ1v) is 20.7. The second kappa shape index (κ2) is 13.2. The van der Waals surface area contributed by atoms with Crippen molar-refractivity contribution in [3.63, 3.8) is 0 Å². The first-order valence-electron chi connectivity index (χ1n) is 20.7. The molecule has 284 valence electrons. The monoisotopic (exact) mass is 768 g/mol. The van der Waals surface area contributed by atoms with Crippen molar-refractivity contribution in [3.05, 3.63) is 217 Å². The van der Waals surface area contributed by atoms with Gasteiger partial charge in [-0.1, -0.05) is 135 Å². The third kappa shape index (κ3) is 5.29. The van der Waals surface area contributed by atoms with Crippen LogP contribution in [0, 0.1) is 0 Å². The van der Waals surface area contributed by atoms with Gasteiger partial charge in [0.05, 0.1) is 11.0 Å². The van der Waals surface area contributed by atoms with Crippen LogP contribution in [0.2, 0.25) is 0 Å². The SMILES string of the molecule is CC1(C)c2ccccc2-c2ccc(N(c3ccc(-c4ccccc4)cc3)c3ccc4c(c3)c3cc(-c5ccc6c(c5)oc5ccccc56)ccc3n4-c3ccccc3)cc21. The molecule has 11 aromatic rings. The first kappa shape index (κ1) is 34.4. The number of hydrogen-bond donors (Lipinski definition) is 0. The zero-order valence-electron chi connectivity index (χ0n) is 33.4. The van der Waals surface area contributed by atoms with E-state index in [-0.39, 0.29) is 5.41 Å². The summed E-state index contributed by atoms with van der Waals surface area (Å²) in [5, 5.41) is 4.67. The Balaban J connectivity index is 1.06. The minimum Gasteiger partial charge on any atom is -0.456 e. The fourth-order valence-electron chi connectivity index (χ4n) is 9.80. The molecule has 2 aromatic heterocycles. The molecule has 1 aliphatic rings. The summed E-state index contributed by atoms with van der Waals surface area (Å²) in [5.41, 5.74) is 18.5. The summed E-state index contributed by atoms with van der Waals surface area (Å²) in [7, 11) is 0. The maximum absolute atomic E-state index is 6.34. The third-order valence-electron chi connectivity index (χ3n) is 12.8. The zero-order valence-corrected chi connectivity index (χ0v) is 33.4. The number of rotatable bonds is 6. The van der Waals surface area contributed by atoms with Gasteiger partial charge in [-0.3, -0.25) is 0 Å². The van der Waals surface area contributed by atoms with Gasteiger partial charge in [0.2, 0.25) is 0 Å². The number of furan rings is 1. The summed E-state index contributed by atoms with van der Waals surface area (Å²) in [6.07, 6.45) is 0. The molecule has 0 N–H and O–H groups in total. The molecule has 0 unspecified atom stereocenters. The fourth-order valence-corrected chi connectivity index (χ4v) is 9.80. The van der Waals surface area contributed by atoms with Crippen molar-refractivity contribution in [1.29, 1.82) is 0 Å². The molecule has 1 aliphatic carbocycles. The summed E-state index contributed by atoms with van der Waals surface area (Å²) in [6, 6.07) is 75.0. The minimum absolute atomic E-state index is 0.125. The minimum atomic E-state index is -0.125. The molecule has 3 heteroatoms. The smallest absolute Gasteiger partial charge is 0.136 e. The van der Waals surface area contributed by atoms with Crippen LogP contribution in [-0.2, 0) is 5.41 Å². The van der Waals surface area contributed by atoms with Crippen molar-refractivity contribution >= 4 is 60.8 Å². The maximum Gasteiger partial charge on any atom is 0.136 e. The van der Waals surface area contributed by atoms with Gasteiger partial charge >= 0.3 is 0 Å². The van der Waals surface area contributed by atoms with E-state index in [0.717, 1.165) is 66.8 Å². The number of benzene rings is 9. The van der Waals surface area contributed by atoms with Gasteiger partial charge in [-0.25, -0.2) is 0 Å². The number of fused-ring (bicyclic) bond motifs is 9. The molecule has 3 nitrogen and oxygen atoms in total. The Morgan fingerprint density at radius 2 is 0.950 bits per heavy atom. The van der Waals surface area contributed by atoms with E-state index in [9.17, 15) is 0 Å². The third-order valence-corrected chi connectivity index (χ3v) is 12.8. The predicted octanol–water partition coefficient (Wildman–Crippen LogP) is 15.8. The van der Waals surface area contributed by atoms with Gasteiger partial charge in [0.1, 0.15) is 11.2 Å². The van der Waals surface area contributed by atoms with Crippen molar-refractivity contribution in [2.75, 3.05) is 4.90 Å². The summed E-state index contributed by atoms with van der Waals surface area (Å²) >= 11 is 0. The highest BCUT2D eigenvalue weighted by Crippen LogP contribution is 2.51. The van der Waals surface area contributed by atoms with Gasteiger partial charge in [0, 0.05) is 49.7 Å². The summed E-state index contributed by atoms with van der Waals surface area (Å²) in [4.78, 5) is 2.43. The van der Waals surface area contributed by atoms with Gasteiger partial charge in [0.15, 0.2) is 0 Å². The van der Waals surface area contributed by atoms with E-state index in [2.05, 4.69) is 217 Å². The molecule has 0 amide bonds. The van der Waals surface area contributed by atoms with E-state index in [1.165, 1.54) is 44.2 Å². The molecule has 0 saturated carbocycles. The molecule has 0 bridgehead atoms. The van der Waals surface area contributed by atoms with E-state index in [0.29, 0.717) is 0 Å². The fraction of sp³-hybridized carbons (Fsp3) is 0.0526. The molecule has 0 spiro atoms. The topological polar surface area (TPSA) is 21.3 Å². The van der Waals surface area contributed by atoms with Crippen LogP contribution >= 0.6 is 0 Å².